The maximum atomic E-state index is 12.4. The van der Waals surface area contributed by atoms with Crippen molar-refractivity contribution in [3.05, 3.63) is 36.0 Å². The van der Waals surface area contributed by atoms with Gasteiger partial charge in [-0.1, -0.05) is 18.2 Å². The van der Waals surface area contributed by atoms with E-state index in [1.165, 1.54) is 4.90 Å². The van der Waals surface area contributed by atoms with Gasteiger partial charge in [-0.05, 0) is 25.5 Å². The third-order valence-corrected chi connectivity index (χ3v) is 3.55. The van der Waals surface area contributed by atoms with Gasteiger partial charge in [0.15, 0.2) is 0 Å². The number of carbonyl (C=O) groups excluding carboxylic acids is 2. The van der Waals surface area contributed by atoms with Gasteiger partial charge in [0.25, 0.3) is 0 Å². The minimum atomic E-state index is -0.619. The van der Waals surface area contributed by atoms with E-state index in [2.05, 4.69) is 15.6 Å². The molecule has 1 atom stereocenters. The zero-order chi connectivity index (χ0) is 17.0. The van der Waals surface area contributed by atoms with Crippen molar-refractivity contribution in [1.82, 2.24) is 20.5 Å². The first-order chi connectivity index (χ1) is 10.9. The number of hydrogen-bond acceptors (Lipinski definition) is 2. The highest BCUT2D eigenvalue weighted by Crippen LogP contribution is 2.19. The fourth-order valence-corrected chi connectivity index (χ4v) is 2.39. The average Bonchev–Trinajstić information content (AvgIpc) is 2.89. The predicted molar refractivity (Wildman–Crippen MR) is 91.3 cm³/mol. The van der Waals surface area contributed by atoms with Gasteiger partial charge in [-0.2, -0.15) is 0 Å². The predicted octanol–water partition coefficient (Wildman–Crippen LogP) is 1.87. The van der Waals surface area contributed by atoms with Crippen molar-refractivity contribution in [2.24, 2.45) is 0 Å². The van der Waals surface area contributed by atoms with E-state index in [1.807, 2.05) is 44.3 Å². The first-order valence-corrected chi connectivity index (χ1v) is 7.71. The molecule has 0 saturated carbocycles. The van der Waals surface area contributed by atoms with Gasteiger partial charge >= 0.3 is 6.03 Å². The molecule has 0 aliphatic carbocycles. The smallest absolute Gasteiger partial charge is 0.317 e. The number of hydrogen-bond donors (Lipinski definition) is 3. The minimum Gasteiger partial charge on any atom is -0.361 e. The molecule has 0 saturated heterocycles. The Morgan fingerprint density at radius 3 is 2.52 bits per heavy atom. The summed E-state index contributed by atoms with van der Waals surface area (Å²) in [4.78, 5) is 29.0. The molecule has 0 bridgehead atoms. The van der Waals surface area contributed by atoms with Gasteiger partial charge in [0.05, 0.1) is 0 Å². The molecule has 3 amide bonds. The summed E-state index contributed by atoms with van der Waals surface area (Å²) in [5, 5.41) is 6.71. The first kappa shape index (κ1) is 16.9. The van der Waals surface area contributed by atoms with Crippen LogP contribution >= 0.6 is 0 Å². The monoisotopic (exact) mass is 316 g/mol. The number of rotatable bonds is 5. The molecule has 1 heterocycles. The normalized spacial score (nSPS) is 12.2. The molecule has 2 aromatic rings. The van der Waals surface area contributed by atoms with Crippen LogP contribution in [0.1, 0.15) is 19.4 Å². The van der Waals surface area contributed by atoms with Gasteiger partial charge in [0, 0.05) is 43.7 Å². The van der Waals surface area contributed by atoms with Crippen molar-refractivity contribution in [2.75, 3.05) is 14.1 Å². The Morgan fingerprint density at radius 2 is 1.87 bits per heavy atom. The SMILES string of the molecule is CC(C)NC(=O)[C@@H](Cc1c[nH]c2ccccc12)NC(=O)N(C)C. The largest absolute Gasteiger partial charge is 0.361 e. The van der Waals surface area contributed by atoms with Crippen molar-refractivity contribution in [3.63, 3.8) is 0 Å². The Morgan fingerprint density at radius 1 is 1.17 bits per heavy atom. The van der Waals surface area contributed by atoms with Crippen LogP contribution in [-0.4, -0.2) is 48.0 Å². The highest BCUT2D eigenvalue weighted by atomic mass is 16.2. The van der Waals surface area contributed by atoms with Crippen LogP contribution in [0.15, 0.2) is 30.5 Å². The van der Waals surface area contributed by atoms with Crippen LogP contribution in [0.4, 0.5) is 4.79 Å². The number of aromatic nitrogens is 1. The first-order valence-electron chi connectivity index (χ1n) is 7.71. The van der Waals surface area contributed by atoms with Crippen molar-refractivity contribution in [1.29, 1.82) is 0 Å². The summed E-state index contributed by atoms with van der Waals surface area (Å²) >= 11 is 0. The van der Waals surface area contributed by atoms with E-state index >= 15 is 0 Å². The maximum absolute atomic E-state index is 12.4. The van der Waals surface area contributed by atoms with Crippen molar-refractivity contribution < 1.29 is 9.59 Å². The molecule has 0 spiro atoms. The molecule has 1 aromatic heterocycles. The average molecular weight is 316 g/mol. The lowest BCUT2D eigenvalue weighted by molar-refractivity contribution is -0.123. The van der Waals surface area contributed by atoms with Crippen LogP contribution in [0.5, 0.6) is 0 Å². The summed E-state index contributed by atoms with van der Waals surface area (Å²) < 4.78 is 0. The van der Waals surface area contributed by atoms with Gasteiger partial charge < -0.3 is 20.5 Å². The molecule has 1 aromatic carbocycles. The van der Waals surface area contributed by atoms with Crippen molar-refractivity contribution in [2.45, 2.75) is 32.4 Å². The highest BCUT2D eigenvalue weighted by molar-refractivity contribution is 5.89. The van der Waals surface area contributed by atoms with Gasteiger partial charge in [0.2, 0.25) is 5.91 Å². The third kappa shape index (κ3) is 4.25. The number of para-hydroxylation sites is 1. The summed E-state index contributed by atoms with van der Waals surface area (Å²) in [5.41, 5.74) is 2.02. The summed E-state index contributed by atoms with van der Waals surface area (Å²) in [7, 11) is 3.30. The lowest BCUT2D eigenvalue weighted by Gasteiger charge is -2.22. The molecule has 0 aliphatic rings. The molecule has 6 heteroatoms. The second kappa shape index (κ2) is 7.17. The zero-order valence-electron chi connectivity index (χ0n) is 14.0. The Balaban J connectivity index is 2.22. The van der Waals surface area contributed by atoms with Crippen LogP contribution in [0.25, 0.3) is 10.9 Å². The second-order valence-electron chi connectivity index (χ2n) is 6.12. The number of benzene rings is 1. The molecule has 124 valence electrons. The van der Waals surface area contributed by atoms with E-state index in [-0.39, 0.29) is 18.0 Å². The summed E-state index contributed by atoms with van der Waals surface area (Å²) in [6, 6.07) is 7.03. The summed E-state index contributed by atoms with van der Waals surface area (Å²) in [6.07, 6.45) is 2.32. The van der Waals surface area contributed by atoms with Crippen LogP contribution < -0.4 is 10.6 Å². The molecule has 0 unspecified atom stereocenters. The summed E-state index contributed by atoms with van der Waals surface area (Å²) in [6.45, 7) is 3.79. The van der Waals surface area contributed by atoms with Gasteiger partial charge in [-0.3, -0.25) is 4.79 Å². The zero-order valence-corrected chi connectivity index (χ0v) is 14.0. The van der Waals surface area contributed by atoms with E-state index in [0.717, 1.165) is 16.5 Å². The van der Waals surface area contributed by atoms with Crippen LogP contribution in [0.3, 0.4) is 0 Å². The molecule has 3 N–H and O–H groups in total. The van der Waals surface area contributed by atoms with E-state index < -0.39 is 6.04 Å². The molecular formula is C17H24N4O2. The van der Waals surface area contributed by atoms with E-state index in [4.69, 9.17) is 0 Å². The van der Waals surface area contributed by atoms with Crippen LogP contribution in [0.2, 0.25) is 0 Å². The molecular weight excluding hydrogens is 292 g/mol. The van der Waals surface area contributed by atoms with Gasteiger partial charge in [-0.25, -0.2) is 4.79 Å². The highest BCUT2D eigenvalue weighted by Gasteiger charge is 2.23. The number of nitrogens with zero attached hydrogens (tertiary/aromatic N) is 1. The van der Waals surface area contributed by atoms with Crippen LogP contribution in [-0.2, 0) is 11.2 Å². The van der Waals surface area contributed by atoms with Crippen molar-refractivity contribution >= 4 is 22.8 Å². The number of aromatic amines is 1. The van der Waals surface area contributed by atoms with Gasteiger partial charge in [0.1, 0.15) is 6.04 Å². The molecule has 0 aliphatic heterocycles. The number of amides is 3. The number of urea groups is 1. The molecule has 2 rings (SSSR count). The molecule has 0 fully saturated rings. The van der Waals surface area contributed by atoms with Gasteiger partial charge in [-0.15, -0.1) is 0 Å². The number of fused-ring (bicyclic) bond motifs is 1. The molecule has 23 heavy (non-hydrogen) atoms. The Bertz CT molecular complexity index is 691. The number of carbonyl (C=O) groups is 2. The number of nitrogens with one attached hydrogen (secondary N) is 3. The topological polar surface area (TPSA) is 77.2 Å². The fourth-order valence-electron chi connectivity index (χ4n) is 2.39. The van der Waals surface area contributed by atoms with Crippen LogP contribution in [0, 0.1) is 0 Å². The minimum absolute atomic E-state index is 0.0178. The quantitative estimate of drug-likeness (QED) is 0.787. The van der Waals surface area contributed by atoms with E-state index in [0.29, 0.717) is 6.42 Å². The molecule has 6 nitrogen and oxygen atoms in total. The maximum Gasteiger partial charge on any atom is 0.317 e. The number of H-pyrrole nitrogens is 1. The van der Waals surface area contributed by atoms with E-state index in [1.54, 1.807) is 14.1 Å². The summed E-state index contributed by atoms with van der Waals surface area (Å²) in [5.74, 6) is -0.180. The standard InChI is InChI=1S/C17H24N4O2/c1-11(2)19-16(22)15(20-17(23)21(3)4)9-12-10-18-14-8-6-5-7-13(12)14/h5-8,10-11,15,18H,9H2,1-4H3,(H,19,22)(H,20,23)/t15-/m1/s1. The lowest BCUT2D eigenvalue weighted by Crippen LogP contribution is -2.52. The Hall–Kier alpha value is -2.50. The Kier molecular flexibility index (Phi) is 5.26. The Labute approximate surface area is 136 Å². The van der Waals surface area contributed by atoms with E-state index in [9.17, 15) is 9.59 Å². The fraction of sp³-hybridized carbons (Fsp3) is 0.412. The lowest BCUT2D eigenvalue weighted by atomic mass is 10.0. The molecule has 0 radical (unpaired) electrons. The van der Waals surface area contributed by atoms with Crippen molar-refractivity contribution in [3.8, 4) is 0 Å². The second-order valence-corrected chi connectivity index (χ2v) is 6.12. The third-order valence-electron chi connectivity index (χ3n) is 3.55.